The number of aromatic nitrogens is 1. The van der Waals surface area contributed by atoms with E-state index in [0.717, 1.165) is 17.8 Å². The van der Waals surface area contributed by atoms with Gasteiger partial charge in [0.2, 0.25) is 5.89 Å². The lowest BCUT2D eigenvalue weighted by Gasteiger charge is -2.25. The Morgan fingerprint density at radius 3 is 3.05 bits per heavy atom. The molecule has 1 atom stereocenters. The summed E-state index contributed by atoms with van der Waals surface area (Å²) < 4.78 is 10.9. The zero-order valence-corrected chi connectivity index (χ0v) is 12.4. The first-order chi connectivity index (χ1) is 10.8. The number of rotatable bonds is 5. The van der Waals surface area contributed by atoms with Gasteiger partial charge in [-0.2, -0.15) is 0 Å². The van der Waals surface area contributed by atoms with Gasteiger partial charge in [0, 0.05) is 31.7 Å². The molecule has 0 aliphatic carbocycles. The average molecular weight is 303 g/mol. The average Bonchev–Trinajstić information content (AvgIpc) is 2.90. The fourth-order valence-corrected chi connectivity index (χ4v) is 2.42. The van der Waals surface area contributed by atoms with Crippen LogP contribution < -0.4 is 10.6 Å². The summed E-state index contributed by atoms with van der Waals surface area (Å²) in [6.07, 6.45) is 1.64. The Kier molecular flexibility index (Phi) is 4.84. The molecule has 118 valence electrons. The molecule has 1 aliphatic rings. The number of nitrogens with zero attached hydrogens (tertiary/aromatic N) is 1. The monoisotopic (exact) mass is 303 g/mol. The number of ether oxygens (including phenoxy) is 1. The van der Waals surface area contributed by atoms with E-state index in [9.17, 15) is 5.11 Å². The molecule has 0 amide bonds. The molecule has 1 aromatic heterocycles. The minimum atomic E-state index is -0.886. The molecule has 1 aromatic carbocycles. The normalized spacial score (nSPS) is 22.4. The van der Waals surface area contributed by atoms with E-state index >= 15 is 0 Å². The van der Waals surface area contributed by atoms with Crippen molar-refractivity contribution in [2.24, 2.45) is 0 Å². The number of aliphatic hydroxyl groups is 1. The van der Waals surface area contributed by atoms with Crippen molar-refractivity contribution in [3.05, 3.63) is 42.3 Å². The number of nitrogens with one attached hydrogen (secondary N) is 2. The summed E-state index contributed by atoms with van der Waals surface area (Å²) in [6, 6.07) is 9.77. The number of β-amino-alcohol motifs (C(OH)–C–C–N with tert-alkyl or cyclic N) is 1. The lowest BCUT2D eigenvalue weighted by atomic mass is 10.1. The predicted molar refractivity (Wildman–Crippen MR) is 82.3 cm³/mol. The van der Waals surface area contributed by atoms with Gasteiger partial charge in [-0.25, -0.2) is 4.98 Å². The summed E-state index contributed by atoms with van der Waals surface area (Å²) in [6.45, 7) is 3.24. The Morgan fingerprint density at radius 2 is 2.18 bits per heavy atom. The first-order valence-electron chi connectivity index (χ1n) is 7.47. The van der Waals surface area contributed by atoms with Crippen molar-refractivity contribution in [2.75, 3.05) is 32.8 Å². The quantitative estimate of drug-likeness (QED) is 0.757. The molecule has 0 saturated carbocycles. The molecule has 3 rings (SSSR count). The highest BCUT2D eigenvalue weighted by molar-refractivity contribution is 5.52. The maximum absolute atomic E-state index is 10.4. The van der Waals surface area contributed by atoms with Crippen LogP contribution in [0.5, 0.6) is 0 Å². The Morgan fingerprint density at radius 1 is 1.32 bits per heavy atom. The maximum Gasteiger partial charge on any atom is 0.226 e. The SMILES string of the molecule is OC1(CNCc2coc(-c3ccccc3)n2)CNCCOC1. The third-order valence-corrected chi connectivity index (χ3v) is 3.58. The Labute approximate surface area is 129 Å². The molecule has 2 aromatic rings. The van der Waals surface area contributed by atoms with Crippen molar-refractivity contribution >= 4 is 0 Å². The Bertz CT molecular complexity index is 577. The van der Waals surface area contributed by atoms with Gasteiger partial charge >= 0.3 is 0 Å². The van der Waals surface area contributed by atoms with E-state index in [2.05, 4.69) is 15.6 Å². The van der Waals surface area contributed by atoms with Crippen molar-refractivity contribution in [3.8, 4) is 11.5 Å². The largest absolute Gasteiger partial charge is 0.444 e. The molecule has 1 aliphatic heterocycles. The second kappa shape index (κ2) is 7.02. The van der Waals surface area contributed by atoms with Crippen LogP contribution in [0.1, 0.15) is 5.69 Å². The molecule has 6 nitrogen and oxygen atoms in total. The number of hydrogen-bond donors (Lipinski definition) is 3. The van der Waals surface area contributed by atoms with Crippen LogP contribution in [0, 0.1) is 0 Å². The summed E-state index contributed by atoms with van der Waals surface area (Å²) in [4.78, 5) is 4.45. The molecule has 3 N–H and O–H groups in total. The van der Waals surface area contributed by atoms with E-state index < -0.39 is 5.60 Å². The van der Waals surface area contributed by atoms with Gasteiger partial charge in [0.25, 0.3) is 0 Å². The fraction of sp³-hybridized carbons (Fsp3) is 0.438. The molecular weight excluding hydrogens is 282 g/mol. The van der Waals surface area contributed by atoms with E-state index in [4.69, 9.17) is 9.15 Å². The molecule has 1 unspecified atom stereocenters. The minimum Gasteiger partial charge on any atom is -0.444 e. The number of hydrogen-bond acceptors (Lipinski definition) is 6. The summed E-state index contributed by atoms with van der Waals surface area (Å²) in [7, 11) is 0. The summed E-state index contributed by atoms with van der Waals surface area (Å²) >= 11 is 0. The van der Waals surface area contributed by atoms with Crippen molar-refractivity contribution < 1.29 is 14.3 Å². The van der Waals surface area contributed by atoms with E-state index in [1.54, 1.807) is 6.26 Å². The van der Waals surface area contributed by atoms with Gasteiger partial charge in [-0.3, -0.25) is 0 Å². The van der Waals surface area contributed by atoms with Crippen LogP contribution >= 0.6 is 0 Å². The van der Waals surface area contributed by atoms with Crippen molar-refractivity contribution in [1.82, 2.24) is 15.6 Å². The van der Waals surface area contributed by atoms with Crippen LogP contribution in [0.15, 0.2) is 41.0 Å². The number of benzene rings is 1. The van der Waals surface area contributed by atoms with Gasteiger partial charge < -0.3 is 24.9 Å². The van der Waals surface area contributed by atoms with Gasteiger partial charge in [-0.05, 0) is 12.1 Å². The van der Waals surface area contributed by atoms with E-state index in [0.29, 0.717) is 38.7 Å². The molecule has 22 heavy (non-hydrogen) atoms. The third-order valence-electron chi connectivity index (χ3n) is 3.58. The van der Waals surface area contributed by atoms with Crippen LogP contribution in [-0.2, 0) is 11.3 Å². The molecule has 2 heterocycles. The molecule has 1 fully saturated rings. The fourth-order valence-electron chi connectivity index (χ4n) is 2.42. The first kappa shape index (κ1) is 15.2. The zero-order valence-electron chi connectivity index (χ0n) is 12.4. The minimum absolute atomic E-state index is 0.334. The summed E-state index contributed by atoms with van der Waals surface area (Å²) in [5.41, 5.74) is 0.876. The van der Waals surface area contributed by atoms with Gasteiger partial charge in [0.1, 0.15) is 11.9 Å². The van der Waals surface area contributed by atoms with Crippen molar-refractivity contribution in [1.29, 1.82) is 0 Å². The van der Waals surface area contributed by atoms with Crippen LogP contribution in [-0.4, -0.2) is 48.5 Å². The highest BCUT2D eigenvalue weighted by Gasteiger charge is 2.28. The van der Waals surface area contributed by atoms with Gasteiger partial charge in [0.05, 0.1) is 18.9 Å². The molecule has 0 bridgehead atoms. The zero-order chi connectivity index (χ0) is 15.3. The highest BCUT2D eigenvalue weighted by atomic mass is 16.5. The molecule has 6 heteroatoms. The second-order valence-corrected chi connectivity index (χ2v) is 5.57. The highest BCUT2D eigenvalue weighted by Crippen LogP contribution is 2.17. The molecule has 1 saturated heterocycles. The summed E-state index contributed by atoms with van der Waals surface area (Å²) in [5, 5.41) is 16.8. The van der Waals surface area contributed by atoms with Gasteiger partial charge in [0.15, 0.2) is 0 Å². The molecule has 0 spiro atoms. The topological polar surface area (TPSA) is 79.5 Å². The first-order valence-corrected chi connectivity index (χ1v) is 7.47. The van der Waals surface area contributed by atoms with Gasteiger partial charge in [-0.15, -0.1) is 0 Å². The van der Waals surface area contributed by atoms with Crippen LogP contribution in [0.2, 0.25) is 0 Å². The van der Waals surface area contributed by atoms with Crippen LogP contribution in [0.3, 0.4) is 0 Å². The van der Waals surface area contributed by atoms with Crippen molar-refractivity contribution in [2.45, 2.75) is 12.1 Å². The van der Waals surface area contributed by atoms with Gasteiger partial charge in [-0.1, -0.05) is 18.2 Å². The Hall–Kier alpha value is -1.73. The van der Waals surface area contributed by atoms with Crippen LogP contribution in [0.25, 0.3) is 11.5 Å². The summed E-state index contributed by atoms with van der Waals surface area (Å²) in [5.74, 6) is 0.607. The second-order valence-electron chi connectivity index (χ2n) is 5.57. The maximum atomic E-state index is 10.4. The lowest BCUT2D eigenvalue weighted by molar-refractivity contribution is -0.0264. The number of oxazole rings is 1. The van der Waals surface area contributed by atoms with Crippen LogP contribution in [0.4, 0.5) is 0 Å². The Balaban J connectivity index is 1.53. The van der Waals surface area contributed by atoms with E-state index in [1.165, 1.54) is 0 Å². The standard InChI is InChI=1S/C16H21N3O3/c20-16(10-17-6-7-21-12-16)11-18-8-14-9-22-15(19-14)13-4-2-1-3-5-13/h1-5,9,17-18,20H,6-8,10-12H2. The van der Waals surface area contributed by atoms with E-state index in [1.807, 2.05) is 30.3 Å². The van der Waals surface area contributed by atoms with E-state index in [-0.39, 0.29) is 0 Å². The predicted octanol–water partition coefficient (Wildman–Crippen LogP) is 0.782. The van der Waals surface area contributed by atoms with Crippen molar-refractivity contribution in [3.63, 3.8) is 0 Å². The lowest BCUT2D eigenvalue weighted by Crippen LogP contribution is -2.50. The smallest absolute Gasteiger partial charge is 0.226 e. The third kappa shape index (κ3) is 3.92. The molecule has 0 radical (unpaired) electrons. The molecular formula is C16H21N3O3.